The zero-order valence-electron chi connectivity index (χ0n) is 10.8. The zero-order valence-corrected chi connectivity index (χ0v) is 10.8. The fraction of sp³-hybridized carbons (Fsp3) is 0.462. The molecule has 1 unspecified atom stereocenters. The molecule has 0 spiro atoms. The van der Waals surface area contributed by atoms with E-state index in [1.54, 1.807) is 0 Å². The average molecular weight is 249 g/mol. The predicted octanol–water partition coefficient (Wildman–Crippen LogP) is 0.943. The summed E-state index contributed by atoms with van der Waals surface area (Å²) in [7, 11) is 2.07. The smallest absolute Gasteiger partial charge is 0.408 e. The molecule has 1 atom stereocenters. The Morgan fingerprint density at radius 1 is 1.50 bits per heavy atom. The minimum Gasteiger partial charge on any atom is -0.408 e. The maximum atomic E-state index is 11.1. The first-order chi connectivity index (χ1) is 8.60. The highest BCUT2D eigenvalue weighted by molar-refractivity contribution is 5.72. The zero-order chi connectivity index (χ0) is 13.1. The molecule has 0 radical (unpaired) electrons. The Labute approximate surface area is 106 Å². The average Bonchev–Trinajstić information content (AvgIpc) is 2.74. The summed E-state index contributed by atoms with van der Waals surface area (Å²) >= 11 is 0. The molecule has 3 N–H and O–H groups in total. The number of benzene rings is 1. The van der Waals surface area contributed by atoms with Crippen LogP contribution in [0.2, 0.25) is 0 Å². The van der Waals surface area contributed by atoms with E-state index in [1.165, 1.54) is 5.56 Å². The first-order valence-electron chi connectivity index (χ1n) is 6.12. The molecule has 0 aliphatic heterocycles. The van der Waals surface area contributed by atoms with Crippen molar-refractivity contribution in [3.05, 3.63) is 34.3 Å². The number of likely N-dealkylation sites (N-methyl/N-ethyl adjacent to an activating group) is 1. The van der Waals surface area contributed by atoms with E-state index in [0.29, 0.717) is 18.2 Å². The number of oxazole rings is 1. The van der Waals surface area contributed by atoms with Gasteiger partial charge in [0, 0.05) is 19.1 Å². The molecule has 5 heteroatoms. The van der Waals surface area contributed by atoms with Crippen molar-refractivity contribution in [1.82, 2.24) is 9.88 Å². The number of hydrogen-bond acceptors (Lipinski definition) is 4. The van der Waals surface area contributed by atoms with E-state index in [9.17, 15) is 4.79 Å². The van der Waals surface area contributed by atoms with Crippen molar-refractivity contribution in [3.8, 4) is 0 Å². The number of H-pyrrole nitrogens is 1. The maximum absolute atomic E-state index is 11.1. The molecular formula is C13H19N3O2. The van der Waals surface area contributed by atoms with Gasteiger partial charge in [0.05, 0.1) is 5.52 Å². The highest BCUT2D eigenvalue weighted by Crippen LogP contribution is 2.13. The van der Waals surface area contributed by atoms with Gasteiger partial charge in [-0.05, 0) is 38.1 Å². The van der Waals surface area contributed by atoms with Gasteiger partial charge in [0.25, 0.3) is 0 Å². The number of nitrogens with one attached hydrogen (secondary N) is 1. The molecule has 18 heavy (non-hydrogen) atoms. The van der Waals surface area contributed by atoms with Gasteiger partial charge in [-0.3, -0.25) is 4.98 Å². The summed E-state index contributed by atoms with van der Waals surface area (Å²) in [4.78, 5) is 15.9. The molecule has 98 valence electrons. The second-order valence-corrected chi connectivity index (χ2v) is 4.66. The minimum absolute atomic E-state index is 0.377. The van der Waals surface area contributed by atoms with Gasteiger partial charge in [-0.2, -0.15) is 0 Å². The SMILES string of the molecule is CC(CN)N(C)CCc1ccc2oc(=O)[nH]c2c1. The standard InChI is InChI=1S/C13H19N3O2/c1-9(8-14)16(2)6-5-10-3-4-12-11(7-10)15-13(17)18-12/h3-4,7,9H,5-6,8,14H2,1-2H3,(H,15,17). The number of rotatable bonds is 5. The van der Waals surface area contributed by atoms with Gasteiger partial charge in [0.15, 0.2) is 5.58 Å². The third-order valence-electron chi connectivity index (χ3n) is 3.33. The molecule has 0 fully saturated rings. The molecule has 0 aliphatic carbocycles. The van der Waals surface area contributed by atoms with Gasteiger partial charge in [0.1, 0.15) is 0 Å². The van der Waals surface area contributed by atoms with Crippen LogP contribution in [0, 0.1) is 0 Å². The Balaban J connectivity index is 2.05. The summed E-state index contributed by atoms with van der Waals surface area (Å²) in [6.45, 7) is 3.70. The van der Waals surface area contributed by atoms with Gasteiger partial charge < -0.3 is 15.1 Å². The van der Waals surface area contributed by atoms with Crippen molar-refractivity contribution < 1.29 is 4.42 Å². The topological polar surface area (TPSA) is 75.3 Å². The van der Waals surface area contributed by atoms with E-state index in [-0.39, 0.29) is 0 Å². The molecule has 2 aromatic rings. The molecular weight excluding hydrogens is 230 g/mol. The van der Waals surface area contributed by atoms with Crippen LogP contribution in [0.15, 0.2) is 27.4 Å². The lowest BCUT2D eigenvalue weighted by Gasteiger charge is -2.23. The lowest BCUT2D eigenvalue weighted by Crippen LogP contribution is -2.36. The molecule has 1 aromatic carbocycles. The van der Waals surface area contributed by atoms with E-state index in [0.717, 1.165) is 18.5 Å². The van der Waals surface area contributed by atoms with E-state index < -0.39 is 5.76 Å². The number of nitrogens with zero attached hydrogens (tertiary/aromatic N) is 1. The van der Waals surface area contributed by atoms with Crippen LogP contribution in [0.5, 0.6) is 0 Å². The number of hydrogen-bond donors (Lipinski definition) is 2. The Hall–Kier alpha value is -1.59. The quantitative estimate of drug-likeness (QED) is 0.827. The second kappa shape index (κ2) is 5.37. The van der Waals surface area contributed by atoms with Crippen molar-refractivity contribution in [2.24, 2.45) is 5.73 Å². The van der Waals surface area contributed by atoms with Crippen LogP contribution < -0.4 is 11.5 Å². The summed E-state index contributed by atoms with van der Waals surface area (Å²) in [5.74, 6) is -0.406. The van der Waals surface area contributed by atoms with Crippen LogP contribution in [0.4, 0.5) is 0 Å². The molecule has 1 heterocycles. The van der Waals surface area contributed by atoms with Crippen molar-refractivity contribution in [3.63, 3.8) is 0 Å². The highest BCUT2D eigenvalue weighted by atomic mass is 16.4. The van der Waals surface area contributed by atoms with E-state index in [1.807, 2.05) is 18.2 Å². The third-order valence-corrected chi connectivity index (χ3v) is 3.33. The summed E-state index contributed by atoms with van der Waals surface area (Å²) in [6.07, 6.45) is 0.921. The highest BCUT2D eigenvalue weighted by Gasteiger charge is 2.07. The van der Waals surface area contributed by atoms with Crippen molar-refractivity contribution in [1.29, 1.82) is 0 Å². The molecule has 0 amide bonds. The lowest BCUT2D eigenvalue weighted by atomic mass is 10.1. The van der Waals surface area contributed by atoms with Crippen LogP contribution in [-0.2, 0) is 6.42 Å². The second-order valence-electron chi connectivity index (χ2n) is 4.66. The number of nitrogens with two attached hydrogens (primary N) is 1. The summed E-state index contributed by atoms with van der Waals surface area (Å²) in [5.41, 5.74) is 8.16. The Kier molecular flexibility index (Phi) is 3.84. The number of fused-ring (bicyclic) bond motifs is 1. The van der Waals surface area contributed by atoms with Crippen LogP contribution in [0.25, 0.3) is 11.1 Å². The summed E-state index contributed by atoms with van der Waals surface area (Å²) in [5, 5.41) is 0. The first kappa shape index (κ1) is 12.9. The maximum Gasteiger partial charge on any atom is 0.417 e. The lowest BCUT2D eigenvalue weighted by molar-refractivity contribution is 0.266. The van der Waals surface area contributed by atoms with Gasteiger partial charge in [0.2, 0.25) is 0 Å². The van der Waals surface area contributed by atoms with Crippen molar-refractivity contribution in [2.45, 2.75) is 19.4 Å². The molecule has 1 aromatic heterocycles. The van der Waals surface area contributed by atoms with Crippen LogP contribution >= 0.6 is 0 Å². The Bertz CT molecular complexity index is 573. The van der Waals surface area contributed by atoms with Gasteiger partial charge in [-0.1, -0.05) is 6.07 Å². The largest absolute Gasteiger partial charge is 0.417 e. The van der Waals surface area contributed by atoms with E-state index >= 15 is 0 Å². The van der Waals surface area contributed by atoms with Gasteiger partial charge in [-0.25, -0.2) is 4.79 Å². The molecule has 0 bridgehead atoms. The predicted molar refractivity (Wildman–Crippen MR) is 71.7 cm³/mol. The summed E-state index contributed by atoms with van der Waals surface area (Å²) in [6, 6.07) is 6.15. The van der Waals surface area contributed by atoms with Crippen LogP contribution in [0.3, 0.4) is 0 Å². The van der Waals surface area contributed by atoms with E-state index in [2.05, 4.69) is 23.9 Å². The Morgan fingerprint density at radius 2 is 2.28 bits per heavy atom. The monoisotopic (exact) mass is 249 g/mol. The molecule has 2 rings (SSSR count). The summed E-state index contributed by atoms with van der Waals surface area (Å²) < 4.78 is 4.97. The third kappa shape index (κ3) is 2.80. The minimum atomic E-state index is -0.406. The fourth-order valence-electron chi connectivity index (χ4n) is 1.86. The van der Waals surface area contributed by atoms with Crippen LogP contribution in [-0.4, -0.2) is 36.1 Å². The van der Waals surface area contributed by atoms with Crippen LogP contribution in [0.1, 0.15) is 12.5 Å². The normalized spacial score (nSPS) is 13.3. The number of aromatic amines is 1. The molecule has 0 saturated heterocycles. The Morgan fingerprint density at radius 3 is 3.00 bits per heavy atom. The van der Waals surface area contributed by atoms with Gasteiger partial charge >= 0.3 is 5.76 Å². The molecule has 0 aliphatic rings. The number of aromatic nitrogens is 1. The van der Waals surface area contributed by atoms with Crippen molar-refractivity contribution in [2.75, 3.05) is 20.1 Å². The van der Waals surface area contributed by atoms with Gasteiger partial charge in [-0.15, -0.1) is 0 Å². The first-order valence-corrected chi connectivity index (χ1v) is 6.12. The van der Waals surface area contributed by atoms with Crippen molar-refractivity contribution >= 4 is 11.1 Å². The fourth-order valence-corrected chi connectivity index (χ4v) is 1.86. The molecule has 5 nitrogen and oxygen atoms in total. The molecule has 0 saturated carbocycles. The van der Waals surface area contributed by atoms with E-state index in [4.69, 9.17) is 10.2 Å².